The van der Waals surface area contributed by atoms with Gasteiger partial charge in [0.2, 0.25) is 5.91 Å². The van der Waals surface area contributed by atoms with Crippen LogP contribution >= 0.6 is 23.4 Å². The predicted molar refractivity (Wildman–Crippen MR) is 168 cm³/mol. The van der Waals surface area contributed by atoms with E-state index >= 15 is 0 Å². The predicted octanol–water partition coefficient (Wildman–Crippen LogP) is 7.53. The van der Waals surface area contributed by atoms with Gasteiger partial charge in [-0.15, -0.1) is 13.2 Å². The Morgan fingerprint density at radius 2 is 1.82 bits per heavy atom. The standard InChI is InChI=1S/C31H28ClF3N6O3S/c1-3-4-21-6-5-19(2)15-26(21)41-28(42)17-45-30(41)38-29(43)37-22-9-7-20(25(32)16-22)8-14-27-36-18-40(39-27)23-10-12-24(13-11-23)44-31(33,34)35/h5-7,9-13,15-16,18H,3-4,8,14,17H2,1-2H3,(H,37,43). The molecule has 3 aromatic carbocycles. The fourth-order valence-corrected chi connectivity index (χ4v) is 5.83. The molecule has 0 bridgehead atoms. The maximum atomic E-state index is 12.9. The average Bonchev–Trinajstić information content (AvgIpc) is 3.59. The zero-order chi connectivity index (χ0) is 32.1. The number of aryl methyl sites for hydroxylation is 4. The summed E-state index contributed by atoms with van der Waals surface area (Å²) >= 11 is 7.73. The zero-order valence-electron chi connectivity index (χ0n) is 24.3. The van der Waals surface area contributed by atoms with Gasteiger partial charge in [0, 0.05) is 17.1 Å². The molecule has 45 heavy (non-hydrogen) atoms. The van der Waals surface area contributed by atoms with Crippen molar-refractivity contribution in [3.63, 3.8) is 0 Å². The van der Waals surface area contributed by atoms with Gasteiger partial charge in [0.15, 0.2) is 11.0 Å². The summed E-state index contributed by atoms with van der Waals surface area (Å²) in [5.74, 6) is 0.252. The first-order chi connectivity index (χ1) is 21.5. The summed E-state index contributed by atoms with van der Waals surface area (Å²) in [6, 6.07) is 15.7. The highest BCUT2D eigenvalue weighted by molar-refractivity contribution is 8.15. The van der Waals surface area contributed by atoms with E-state index in [9.17, 15) is 22.8 Å². The minimum Gasteiger partial charge on any atom is -0.406 e. The highest BCUT2D eigenvalue weighted by Gasteiger charge is 2.32. The molecular formula is C31H28ClF3N6O3S. The molecule has 1 N–H and O–H groups in total. The van der Waals surface area contributed by atoms with Gasteiger partial charge in [-0.2, -0.15) is 10.1 Å². The minimum atomic E-state index is -4.76. The van der Waals surface area contributed by atoms with Crippen LogP contribution in [0.4, 0.5) is 29.3 Å². The Hall–Kier alpha value is -4.36. The van der Waals surface area contributed by atoms with E-state index in [-0.39, 0.29) is 17.4 Å². The Morgan fingerprint density at radius 1 is 1.07 bits per heavy atom. The van der Waals surface area contributed by atoms with Crippen molar-refractivity contribution in [2.45, 2.75) is 45.9 Å². The monoisotopic (exact) mass is 656 g/mol. The number of carbonyl (C=O) groups excluding carboxylic acids is 2. The first-order valence-corrected chi connectivity index (χ1v) is 15.4. The fourth-order valence-electron chi connectivity index (χ4n) is 4.69. The minimum absolute atomic E-state index is 0.130. The lowest BCUT2D eigenvalue weighted by Gasteiger charge is -2.20. The van der Waals surface area contributed by atoms with Crippen LogP contribution in [0.25, 0.3) is 5.69 Å². The van der Waals surface area contributed by atoms with Crippen LogP contribution in [0.3, 0.4) is 0 Å². The van der Waals surface area contributed by atoms with Crippen LogP contribution in [0.15, 0.2) is 72.0 Å². The van der Waals surface area contributed by atoms with Gasteiger partial charge in [-0.3, -0.25) is 9.69 Å². The number of thioether (sulfide) groups is 1. The Balaban J connectivity index is 1.21. The average molecular weight is 657 g/mol. The lowest BCUT2D eigenvalue weighted by molar-refractivity contribution is -0.274. The topological polar surface area (TPSA) is 102 Å². The molecule has 0 unspecified atom stereocenters. The van der Waals surface area contributed by atoms with E-state index in [4.69, 9.17) is 11.6 Å². The summed E-state index contributed by atoms with van der Waals surface area (Å²) < 4.78 is 42.5. The maximum Gasteiger partial charge on any atom is 0.573 e. The van der Waals surface area contributed by atoms with Gasteiger partial charge in [-0.05, 0) is 78.9 Å². The molecule has 9 nitrogen and oxygen atoms in total. The third-order valence-electron chi connectivity index (χ3n) is 6.76. The molecule has 234 valence electrons. The SMILES string of the molecule is CCCc1ccc(C)cc1N1C(=O)CSC1=NC(=O)Nc1ccc(CCc2ncn(-c3ccc(OC(F)(F)F)cc3)n2)c(Cl)c1. The molecule has 0 spiro atoms. The van der Waals surface area contributed by atoms with Crippen molar-refractivity contribution in [1.29, 1.82) is 0 Å². The first kappa shape index (κ1) is 32.0. The molecule has 0 saturated carbocycles. The van der Waals surface area contributed by atoms with Crippen molar-refractivity contribution >= 4 is 51.8 Å². The molecule has 1 aliphatic heterocycles. The first-order valence-electron chi connectivity index (χ1n) is 14.0. The summed E-state index contributed by atoms with van der Waals surface area (Å²) in [7, 11) is 0. The van der Waals surface area contributed by atoms with Crippen LogP contribution in [0, 0.1) is 6.92 Å². The molecule has 1 fully saturated rings. The number of hydrogen-bond acceptors (Lipinski definition) is 6. The largest absolute Gasteiger partial charge is 0.573 e. The number of halogens is 4. The Morgan fingerprint density at radius 3 is 2.53 bits per heavy atom. The molecular weight excluding hydrogens is 629 g/mol. The highest BCUT2D eigenvalue weighted by atomic mass is 35.5. The van der Waals surface area contributed by atoms with Gasteiger partial charge in [-0.25, -0.2) is 14.5 Å². The summed E-state index contributed by atoms with van der Waals surface area (Å²) in [5.41, 5.74) is 4.54. The molecule has 0 aliphatic carbocycles. The number of amidine groups is 1. The van der Waals surface area contributed by atoms with Crippen molar-refractivity contribution < 1.29 is 27.5 Å². The molecule has 14 heteroatoms. The molecule has 0 radical (unpaired) electrons. The van der Waals surface area contributed by atoms with Gasteiger partial charge in [-0.1, -0.05) is 54.9 Å². The van der Waals surface area contributed by atoms with Crippen molar-refractivity contribution in [3.8, 4) is 11.4 Å². The Bertz CT molecular complexity index is 1740. The van der Waals surface area contributed by atoms with Crippen LogP contribution in [-0.2, 0) is 24.1 Å². The number of carbonyl (C=O) groups is 2. The Kier molecular flexibility index (Phi) is 9.78. The van der Waals surface area contributed by atoms with Crippen LogP contribution in [0.2, 0.25) is 5.02 Å². The van der Waals surface area contributed by atoms with Gasteiger partial charge in [0.1, 0.15) is 12.1 Å². The van der Waals surface area contributed by atoms with Crippen molar-refractivity contribution in [2.24, 2.45) is 4.99 Å². The number of alkyl halides is 3. The van der Waals surface area contributed by atoms with Crippen molar-refractivity contribution in [2.75, 3.05) is 16.0 Å². The normalized spacial score (nSPS) is 14.3. The number of aliphatic imine (C=N–C) groups is 1. The number of hydrogen-bond donors (Lipinski definition) is 1. The Labute approximate surface area is 266 Å². The second kappa shape index (κ2) is 13.7. The van der Waals surface area contributed by atoms with Gasteiger partial charge >= 0.3 is 12.4 Å². The summed E-state index contributed by atoms with van der Waals surface area (Å²) in [6.45, 7) is 4.02. The van der Waals surface area contributed by atoms with Crippen LogP contribution in [0.1, 0.15) is 35.9 Å². The maximum absolute atomic E-state index is 12.9. The van der Waals surface area contributed by atoms with Gasteiger partial charge < -0.3 is 10.1 Å². The van der Waals surface area contributed by atoms with E-state index < -0.39 is 12.4 Å². The van der Waals surface area contributed by atoms with Crippen LogP contribution in [0.5, 0.6) is 5.75 Å². The van der Waals surface area contributed by atoms with E-state index in [2.05, 4.69) is 32.1 Å². The number of anilines is 2. The van der Waals surface area contributed by atoms with Crippen molar-refractivity contribution in [1.82, 2.24) is 14.8 Å². The summed E-state index contributed by atoms with van der Waals surface area (Å²) in [4.78, 5) is 35.7. The molecule has 2 heterocycles. The zero-order valence-corrected chi connectivity index (χ0v) is 25.8. The van der Waals surface area contributed by atoms with Gasteiger partial charge in [0.05, 0.1) is 17.1 Å². The second-order valence-electron chi connectivity index (χ2n) is 10.2. The molecule has 5 rings (SSSR count). The van der Waals surface area contributed by atoms with Gasteiger partial charge in [0.25, 0.3) is 0 Å². The fraction of sp³-hybridized carbons (Fsp3) is 0.258. The molecule has 1 aromatic heterocycles. The number of nitrogens with zero attached hydrogens (tertiary/aromatic N) is 5. The second-order valence-corrected chi connectivity index (χ2v) is 11.5. The number of urea groups is 1. The number of ether oxygens (including phenoxy) is 1. The molecule has 1 saturated heterocycles. The lowest BCUT2D eigenvalue weighted by atomic mass is 10.0. The van der Waals surface area contributed by atoms with E-state index in [0.717, 1.165) is 35.2 Å². The lowest BCUT2D eigenvalue weighted by Crippen LogP contribution is -2.31. The van der Waals surface area contributed by atoms with Crippen LogP contribution in [-0.4, -0.2) is 44.0 Å². The summed E-state index contributed by atoms with van der Waals surface area (Å²) in [6.07, 6.45) is -0.637. The van der Waals surface area contributed by atoms with E-state index in [1.54, 1.807) is 18.2 Å². The van der Waals surface area contributed by atoms with E-state index in [1.807, 2.05) is 25.1 Å². The van der Waals surface area contributed by atoms with E-state index in [1.165, 1.54) is 51.9 Å². The molecule has 4 aromatic rings. The number of benzene rings is 3. The third kappa shape index (κ3) is 8.22. The van der Waals surface area contributed by atoms with Crippen molar-refractivity contribution in [3.05, 3.63) is 94.5 Å². The number of aromatic nitrogens is 3. The molecule has 1 aliphatic rings. The number of amides is 3. The molecule has 0 atom stereocenters. The summed E-state index contributed by atoms with van der Waals surface area (Å²) in [5, 5.41) is 7.86. The quantitative estimate of drug-likeness (QED) is 0.200. The number of rotatable bonds is 9. The van der Waals surface area contributed by atoms with E-state index in [0.29, 0.717) is 40.2 Å². The smallest absolute Gasteiger partial charge is 0.406 e. The molecule has 3 amide bonds. The van der Waals surface area contributed by atoms with Crippen LogP contribution < -0.4 is 15.0 Å². The highest BCUT2D eigenvalue weighted by Crippen LogP contribution is 2.32. The number of nitrogens with one attached hydrogen (secondary N) is 1. The third-order valence-corrected chi connectivity index (χ3v) is 8.04.